The number of thioether (sulfide) groups is 1. The Morgan fingerprint density at radius 1 is 1.52 bits per heavy atom. The van der Waals surface area contributed by atoms with Crippen molar-refractivity contribution in [2.45, 2.75) is 24.6 Å². The number of benzene rings is 1. The minimum Gasteiger partial charge on any atom is -0.480 e. The van der Waals surface area contributed by atoms with Crippen LogP contribution in [0, 0.1) is 5.82 Å². The molecule has 1 rings (SSSR count). The van der Waals surface area contributed by atoms with E-state index in [-0.39, 0.29) is 16.7 Å². The molecule has 0 saturated heterocycles. The highest BCUT2D eigenvalue weighted by Gasteiger charge is 2.33. The first kappa shape index (κ1) is 17.7. The molecule has 0 saturated carbocycles. The molecule has 0 radical (unpaired) electrons. The van der Waals surface area contributed by atoms with Gasteiger partial charge in [0.2, 0.25) is 5.91 Å². The van der Waals surface area contributed by atoms with Crippen LogP contribution in [0.2, 0.25) is 5.02 Å². The highest BCUT2D eigenvalue weighted by atomic mass is 35.5. The van der Waals surface area contributed by atoms with E-state index in [1.165, 1.54) is 12.1 Å². The van der Waals surface area contributed by atoms with E-state index in [0.717, 1.165) is 17.8 Å². The van der Waals surface area contributed by atoms with Crippen molar-refractivity contribution in [3.05, 3.63) is 29.0 Å². The predicted octanol–water partition coefficient (Wildman–Crippen LogP) is 2.34. The quantitative estimate of drug-likeness (QED) is 0.742. The lowest BCUT2D eigenvalue weighted by Crippen LogP contribution is -2.47. The highest BCUT2D eigenvalue weighted by molar-refractivity contribution is 8.01. The molecule has 0 aromatic heterocycles. The predicted molar refractivity (Wildman–Crippen MR) is 82.2 cm³/mol. The molecule has 0 heterocycles. The molecule has 0 aliphatic carbocycles. The van der Waals surface area contributed by atoms with Gasteiger partial charge in [0.15, 0.2) is 0 Å². The van der Waals surface area contributed by atoms with Crippen LogP contribution >= 0.6 is 23.4 Å². The summed E-state index contributed by atoms with van der Waals surface area (Å²) in [5.41, 5.74) is 5.85. The molecule has 1 aromatic rings. The molecule has 0 unspecified atom stereocenters. The number of nitrogens with two attached hydrogens (primary N) is 1. The van der Waals surface area contributed by atoms with Crippen LogP contribution in [-0.4, -0.2) is 33.5 Å². The third-order valence-electron chi connectivity index (χ3n) is 2.80. The van der Waals surface area contributed by atoms with Crippen LogP contribution in [-0.2, 0) is 9.59 Å². The second-order valence-corrected chi connectivity index (χ2v) is 6.92. The first-order valence-corrected chi connectivity index (χ1v) is 7.37. The molecule has 5 nitrogen and oxygen atoms in total. The van der Waals surface area contributed by atoms with Crippen molar-refractivity contribution < 1.29 is 19.1 Å². The Balaban J connectivity index is 2.60. The SMILES string of the molecule is CC(C)(SCC(=O)Nc1ccc(F)cc1Cl)[C@H](N)C(=O)O. The van der Waals surface area contributed by atoms with Crippen molar-refractivity contribution in [3.63, 3.8) is 0 Å². The number of aliphatic carboxylic acids is 1. The lowest BCUT2D eigenvalue weighted by molar-refractivity contribution is -0.139. The number of hydrogen-bond donors (Lipinski definition) is 3. The van der Waals surface area contributed by atoms with E-state index in [2.05, 4.69) is 5.32 Å². The normalized spacial score (nSPS) is 12.8. The lowest BCUT2D eigenvalue weighted by Gasteiger charge is -2.27. The fourth-order valence-corrected chi connectivity index (χ4v) is 2.49. The van der Waals surface area contributed by atoms with E-state index in [1.807, 2.05) is 0 Å². The van der Waals surface area contributed by atoms with Crippen LogP contribution in [0.3, 0.4) is 0 Å². The van der Waals surface area contributed by atoms with Gasteiger partial charge in [0.1, 0.15) is 11.9 Å². The average molecular weight is 335 g/mol. The van der Waals surface area contributed by atoms with E-state index < -0.39 is 22.6 Å². The molecular formula is C13H16ClFN2O3S. The van der Waals surface area contributed by atoms with Crippen LogP contribution < -0.4 is 11.1 Å². The van der Waals surface area contributed by atoms with Gasteiger partial charge in [-0.3, -0.25) is 9.59 Å². The fraction of sp³-hybridized carbons (Fsp3) is 0.385. The molecule has 1 amide bonds. The largest absolute Gasteiger partial charge is 0.480 e. The molecule has 0 aliphatic rings. The molecule has 0 aliphatic heterocycles. The van der Waals surface area contributed by atoms with Crippen LogP contribution in [0.4, 0.5) is 10.1 Å². The second-order valence-electron chi connectivity index (χ2n) is 4.88. The highest BCUT2D eigenvalue weighted by Crippen LogP contribution is 2.28. The number of halogens is 2. The summed E-state index contributed by atoms with van der Waals surface area (Å²) in [4.78, 5) is 22.7. The molecule has 1 atom stereocenters. The standard InChI is InChI=1S/C13H16ClFN2O3S/c1-13(2,11(16)12(19)20)21-6-10(18)17-9-4-3-7(15)5-8(9)14/h3-5,11H,6,16H2,1-2H3,(H,17,18)(H,19,20)/t11-/m1/s1. The molecular weight excluding hydrogens is 319 g/mol. The second kappa shape index (κ2) is 7.11. The summed E-state index contributed by atoms with van der Waals surface area (Å²) < 4.78 is 12.1. The Morgan fingerprint density at radius 3 is 2.67 bits per heavy atom. The molecule has 116 valence electrons. The van der Waals surface area contributed by atoms with Crippen LogP contribution in [0.5, 0.6) is 0 Å². The van der Waals surface area contributed by atoms with Gasteiger partial charge in [0, 0.05) is 4.75 Å². The van der Waals surface area contributed by atoms with Gasteiger partial charge >= 0.3 is 5.97 Å². The van der Waals surface area contributed by atoms with Crippen molar-refractivity contribution in [2.75, 3.05) is 11.1 Å². The third-order valence-corrected chi connectivity index (χ3v) is 4.51. The summed E-state index contributed by atoms with van der Waals surface area (Å²) in [5, 5.41) is 11.5. The summed E-state index contributed by atoms with van der Waals surface area (Å²) in [5.74, 6) is -2.00. The minimum atomic E-state index is -1.13. The fourth-order valence-electron chi connectivity index (χ4n) is 1.42. The third kappa shape index (κ3) is 5.18. The number of anilines is 1. The molecule has 21 heavy (non-hydrogen) atoms. The van der Waals surface area contributed by atoms with Gasteiger partial charge in [-0.15, -0.1) is 11.8 Å². The maximum atomic E-state index is 12.9. The van der Waals surface area contributed by atoms with Gasteiger partial charge in [0.25, 0.3) is 0 Å². The summed E-state index contributed by atoms with van der Waals surface area (Å²) in [6.07, 6.45) is 0. The van der Waals surface area contributed by atoms with E-state index in [9.17, 15) is 14.0 Å². The Kier molecular flexibility index (Phi) is 6.00. The number of amides is 1. The number of nitrogens with one attached hydrogen (secondary N) is 1. The monoisotopic (exact) mass is 334 g/mol. The number of rotatable bonds is 6. The molecule has 0 spiro atoms. The summed E-state index contributed by atoms with van der Waals surface area (Å²) in [7, 11) is 0. The molecule has 1 aromatic carbocycles. The number of carbonyl (C=O) groups is 2. The lowest BCUT2D eigenvalue weighted by atomic mass is 10.1. The zero-order valence-electron chi connectivity index (χ0n) is 11.5. The van der Waals surface area contributed by atoms with Gasteiger partial charge < -0.3 is 16.2 Å². The van der Waals surface area contributed by atoms with Crippen molar-refractivity contribution in [3.8, 4) is 0 Å². The molecule has 0 bridgehead atoms. The maximum absolute atomic E-state index is 12.9. The Hall–Kier alpha value is -1.31. The average Bonchev–Trinajstić information content (AvgIpc) is 2.39. The number of carbonyl (C=O) groups excluding carboxylic acids is 1. The smallest absolute Gasteiger partial charge is 0.321 e. The topological polar surface area (TPSA) is 92.4 Å². The summed E-state index contributed by atoms with van der Waals surface area (Å²) >= 11 is 6.91. The summed E-state index contributed by atoms with van der Waals surface area (Å²) in [6.45, 7) is 3.29. The van der Waals surface area contributed by atoms with E-state index in [0.29, 0.717) is 5.69 Å². The van der Waals surface area contributed by atoms with Crippen LogP contribution in [0.25, 0.3) is 0 Å². The Labute approximate surface area is 131 Å². The van der Waals surface area contributed by atoms with Crippen LogP contribution in [0.15, 0.2) is 18.2 Å². The number of hydrogen-bond acceptors (Lipinski definition) is 4. The van der Waals surface area contributed by atoms with Crippen molar-refractivity contribution >= 4 is 40.9 Å². The first-order valence-electron chi connectivity index (χ1n) is 6.00. The summed E-state index contributed by atoms with van der Waals surface area (Å²) in [6, 6.07) is 2.53. The zero-order valence-corrected chi connectivity index (χ0v) is 13.1. The van der Waals surface area contributed by atoms with Crippen LogP contribution in [0.1, 0.15) is 13.8 Å². The van der Waals surface area contributed by atoms with E-state index in [4.69, 9.17) is 22.4 Å². The maximum Gasteiger partial charge on any atom is 0.321 e. The molecule has 0 fully saturated rings. The van der Waals surface area contributed by atoms with Gasteiger partial charge in [0.05, 0.1) is 16.5 Å². The number of carboxylic acids is 1. The minimum absolute atomic E-state index is 0.00167. The van der Waals surface area contributed by atoms with Gasteiger partial charge in [-0.25, -0.2) is 4.39 Å². The molecule has 4 N–H and O–H groups in total. The van der Waals surface area contributed by atoms with Crippen molar-refractivity contribution in [1.82, 2.24) is 0 Å². The van der Waals surface area contributed by atoms with Crippen molar-refractivity contribution in [1.29, 1.82) is 0 Å². The van der Waals surface area contributed by atoms with E-state index >= 15 is 0 Å². The van der Waals surface area contributed by atoms with Crippen molar-refractivity contribution in [2.24, 2.45) is 5.73 Å². The van der Waals surface area contributed by atoms with Gasteiger partial charge in [-0.05, 0) is 32.0 Å². The Morgan fingerprint density at radius 2 is 2.14 bits per heavy atom. The number of carboxylic acid groups (broad SMARTS) is 1. The molecule has 8 heteroatoms. The first-order chi connectivity index (χ1) is 9.63. The Bertz CT molecular complexity index is 554. The van der Waals surface area contributed by atoms with E-state index in [1.54, 1.807) is 13.8 Å². The zero-order chi connectivity index (χ0) is 16.2. The van der Waals surface area contributed by atoms with Gasteiger partial charge in [-0.1, -0.05) is 11.6 Å². The van der Waals surface area contributed by atoms with Gasteiger partial charge in [-0.2, -0.15) is 0 Å².